The lowest BCUT2D eigenvalue weighted by molar-refractivity contribution is -0.133. The molecule has 0 radical (unpaired) electrons. The van der Waals surface area contributed by atoms with Crippen molar-refractivity contribution in [1.29, 1.82) is 0 Å². The summed E-state index contributed by atoms with van der Waals surface area (Å²) >= 11 is 5.75. The van der Waals surface area contributed by atoms with Crippen LogP contribution in [0.4, 0.5) is 5.95 Å². The highest BCUT2D eigenvalue weighted by Gasteiger charge is 2.27. The Labute approximate surface area is 99.2 Å². The SMILES string of the molecule is COC(C)(C)C(=O)Nc1nc(C)cc(Cl)n1. The summed E-state index contributed by atoms with van der Waals surface area (Å²) in [4.78, 5) is 19.7. The summed E-state index contributed by atoms with van der Waals surface area (Å²) in [6, 6.07) is 1.61. The molecule has 5 nitrogen and oxygen atoms in total. The van der Waals surface area contributed by atoms with Crippen LogP contribution in [0.1, 0.15) is 19.5 Å². The molecule has 1 heterocycles. The van der Waals surface area contributed by atoms with E-state index in [1.165, 1.54) is 7.11 Å². The quantitative estimate of drug-likeness (QED) is 0.823. The molecule has 0 saturated heterocycles. The second-order valence-electron chi connectivity index (χ2n) is 3.82. The Kier molecular flexibility index (Phi) is 3.83. The van der Waals surface area contributed by atoms with Gasteiger partial charge in [0.25, 0.3) is 5.91 Å². The lowest BCUT2D eigenvalue weighted by Crippen LogP contribution is -2.39. The van der Waals surface area contributed by atoms with Gasteiger partial charge in [-0.2, -0.15) is 0 Å². The molecule has 0 spiro atoms. The summed E-state index contributed by atoms with van der Waals surface area (Å²) in [5.41, 5.74) is -0.245. The van der Waals surface area contributed by atoms with Crippen molar-refractivity contribution in [3.05, 3.63) is 16.9 Å². The fourth-order valence-corrected chi connectivity index (χ4v) is 1.17. The number of ether oxygens (including phenoxy) is 1. The Hall–Kier alpha value is -1.20. The number of hydrogen-bond donors (Lipinski definition) is 1. The first-order valence-corrected chi connectivity index (χ1v) is 5.11. The highest BCUT2D eigenvalue weighted by atomic mass is 35.5. The maximum atomic E-state index is 11.7. The van der Waals surface area contributed by atoms with E-state index in [0.717, 1.165) is 0 Å². The van der Waals surface area contributed by atoms with Crippen LogP contribution in [-0.2, 0) is 9.53 Å². The minimum Gasteiger partial charge on any atom is -0.369 e. The number of carbonyl (C=O) groups excluding carboxylic acids is 1. The van der Waals surface area contributed by atoms with Crippen molar-refractivity contribution >= 4 is 23.5 Å². The number of aromatic nitrogens is 2. The van der Waals surface area contributed by atoms with Crippen molar-refractivity contribution in [2.24, 2.45) is 0 Å². The maximum absolute atomic E-state index is 11.7. The molecule has 16 heavy (non-hydrogen) atoms. The molecule has 1 aromatic rings. The third-order valence-electron chi connectivity index (χ3n) is 2.11. The smallest absolute Gasteiger partial charge is 0.258 e. The number of hydrogen-bond acceptors (Lipinski definition) is 4. The van der Waals surface area contributed by atoms with Crippen molar-refractivity contribution in [3.8, 4) is 0 Å². The van der Waals surface area contributed by atoms with Crippen LogP contribution in [0.25, 0.3) is 0 Å². The maximum Gasteiger partial charge on any atom is 0.258 e. The van der Waals surface area contributed by atoms with Gasteiger partial charge < -0.3 is 4.74 Å². The lowest BCUT2D eigenvalue weighted by atomic mass is 10.1. The average molecular weight is 244 g/mol. The Bertz CT molecular complexity index is 387. The van der Waals surface area contributed by atoms with Crippen molar-refractivity contribution in [1.82, 2.24) is 9.97 Å². The minimum atomic E-state index is -0.931. The van der Waals surface area contributed by atoms with Crippen LogP contribution < -0.4 is 5.32 Å². The van der Waals surface area contributed by atoms with Gasteiger partial charge in [-0.1, -0.05) is 11.6 Å². The summed E-state index contributed by atoms with van der Waals surface area (Å²) in [7, 11) is 1.46. The van der Waals surface area contributed by atoms with E-state index in [2.05, 4.69) is 15.3 Å². The number of amides is 1. The molecule has 6 heteroatoms. The van der Waals surface area contributed by atoms with Crippen LogP contribution >= 0.6 is 11.6 Å². The summed E-state index contributed by atoms with van der Waals surface area (Å²) in [5, 5.41) is 2.83. The summed E-state index contributed by atoms with van der Waals surface area (Å²) in [6.07, 6.45) is 0. The highest BCUT2D eigenvalue weighted by molar-refractivity contribution is 6.29. The molecular weight excluding hydrogens is 230 g/mol. The van der Waals surface area contributed by atoms with E-state index in [1.807, 2.05) is 0 Å². The van der Waals surface area contributed by atoms with Crippen LogP contribution in [0, 0.1) is 6.92 Å². The number of nitrogens with one attached hydrogen (secondary N) is 1. The molecule has 1 rings (SSSR count). The standard InChI is InChI=1S/C10H14ClN3O2/c1-6-5-7(11)13-9(12-6)14-8(15)10(2,3)16-4/h5H,1-4H3,(H,12,13,14,15). The normalized spacial score (nSPS) is 11.3. The van der Waals surface area contributed by atoms with Crippen molar-refractivity contribution in [3.63, 3.8) is 0 Å². The number of aryl methyl sites for hydroxylation is 1. The van der Waals surface area contributed by atoms with Crippen LogP contribution in [0.15, 0.2) is 6.07 Å². The second kappa shape index (κ2) is 4.76. The fraction of sp³-hybridized carbons (Fsp3) is 0.500. The van der Waals surface area contributed by atoms with Gasteiger partial charge in [0, 0.05) is 12.8 Å². The van der Waals surface area contributed by atoms with Crippen molar-refractivity contribution < 1.29 is 9.53 Å². The number of anilines is 1. The second-order valence-corrected chi connectivity index (χ2v) is 4.21. The van der Waals surface area contributed by atoms with Gasteiger partial charge in [0.05, 0.1) is 0 Å². The number of nitrogens with zero attached hydrogens (tertiary/aromatic N) is 2. The molecule has 88 valence electrons. The van der Waals surface area contributed by atoms with E-state index in [4.69, 9.17) is 16.3 Å². The first kappa shape index (κ1) is 12.9. The molecular formula is C10H14ClN3O2. The molecule has 0 unspecified atom stereocenters. The lowest BCUT2D eigenvalue weighted by Gasteiger charge is -2.20. The molecule has 0 saturated carbocycles. The first-order chi connectivity index (χ1) is 7.35. The zero-order valence-electron chi connectivity index (χ0n) is 9.67. The summed E-state index contributed by atoms with van der Waals surface area (Å²) < 4.78 is 5.03. The van der Waals surface area contributed by atoms with Gasteiger partial charge in [0.2, 0.25) is 5.95 Å². The van der Waals surface area contributed by atoms with Gasteiger partial charge >= 0.3 is 0 Å². The Morgan fingerprint density at radius 1 is 1.50 bits per heavy atom. The third-order valence-corrected chi connectivity index (χ3v) is 2.30. The molecule has 0 bridgehead atoms. The van der Waals surface area contributed by atoms with Crippen LogP contribution in [0.2, 0.25) is 5.15 Å². The molecule has 1 aromatic heterocycles. The largest absolute Gasteiger partial charge is 0.369 e. The minimum absolute atomic E-state index is 0.181. The number of halogens is 1. The zero-order valence-corrected chi connectivity index (χ0v) is 10.4. The molecule has 0 aliphatic rings. The van der Waals surface area contributed by atoms with Gasteiger partial charge in [-0.15, -0.1) is 0 Å². The fourth-order valence-electron chi connectivity index (χ4n) is 0.931. The van der Waals surface area contributed by atoms with Gasteiger partial charge in [-0.3, -0.25) is 10.1 Å². The number of methoxy groups -OCH3 is 1. The van der Waals surface area contributed by atoms with E-state index in [-0.39, 0.29) is 17.0 Å². The predicted molar refractivity (Wildman–Crippen MR) is 61.5 cm³/mol. The zero-order chi connectivity index (χ0) is 12.3. The topological polar surface area (TPSA) is 64.1 Å². The average Bonchev–Trinajstić information content (AvgIpc) is 2.15. The van der Waals surface area contributed by atoms with E-state index >= 15 is 0 Å². The molecule has 1 amide bonds. The number of rotatable bonds is 3. The molecule has 0 aromatic carbocycles. The monoisotopic (exact) mass is 243 g/mol. The molecule has 0 fully saturated rings. The van der Waals surface area contributed by atoms with E-state index in [0.29, 0.717) is 5.69 Å². The van der Waals surface area contributed by atoms with Crippen molar-refractivity contribution in [2.75, 3.05) is 12.4 Å². The van der Waals surface area contributed by atoms with Gasteiger partial charge in [0.1, 0.15) is 10.8 Å². The van der Waals surface area contributed by atoms with Crippen LogP contribution in [0.5, 0.6) is 0 Å². The highest BCUT2D eigenvalue weighted by Crippen LogP contribution is 2.13. The molecule has 0 aliphatic carbocycles. The van der Waals surface area contributed by atoms with Gasteiger partial charge in [0.15, 0.2) is 0 Å². The van der Waals surface area contributed by atoms with E-state index in [1.54, 1.807) is 26.8 Å². The van der Waals surface area contributed by atoms with Gasteiger partial charge in [-0.25, -0.2) is 9.97 Å². The molecule has 0 atom stereocenters. The summed E-state index contributed by atoms with van der Waals surface area (Å²) in [6.45, 7) is 5.07. The Morgan fingerprint density at radius 3 is 2.62 bits per heavy atom. The summed E-state index contributed by atoms with van der Waals surface area (Å²) in [5.74, 6) is -0.142. The van der Waals surface area contributed by atoms with Crippen molar-refractivity contribution in [2.45, 2.75) is 26.4 Å². The Balaban J connectivity index is 2.85. The van der Waals surface area contributed by atoms with E-state index in [9.17, 15) is 4.79 Å². The molecule has 0 aliphatic heterocycles. The third kappa shape index (κ3) is 3.15. The Morgan fingerprint density at radius 2 is 2.12 bits per heavy atom. The number of carbonyl (C=O) groups is 1. The molecule has 1 N–H and O–H groups in total. The predicted octanol–water partition coefficient (Wildman–Crippen LogP) is 1.80. The van der Waals surface area contributed by atoms with Crippen LogP contribution in [-0.4, -0.2) is 28.6 Å². The van der Waals surface area contributed by atoms with E-state index < -0.39 is 5.60 Å². The van der Waals surface area contributed by atoms with Crippen LogP contribution in [0.3, 0.4) is 0 Å². The first-order valence-electron chi connectivity index (χ1n) is 4.73. The van der Waals surface area contributed by atoms with Gasteiger partial charge in [-0.05, 0) is 26.8 Å².